The van der Waals surface area contributed by atoms with Crippen LogP contribution in [0.4, 0.5) is 0 Å². The molecular weight excluding hydrogens is 276 g/mol. The summed E-state index contributed by atoms with van der Waals surface area (Å²) in [6.07, 6.45) is 0.619. The van der Waals surface area contributed by atoms with E-state index in [2.05, 4.69) is 16.8 Å². The monoisotopic (exact) mass is 298 g/mol. The number of amides is 1. The molecule has 1 fully saturated rings. The summed E-state index contributed by atoms with van der Waals surface area (Å²) in [5.41, 5.74) is 1.13. The van der Waals surface area contributed by atoms with E-state index in [1.165, 1.54) is 0 Å². The van der Waals surface area contributed by atoms with E-state index < -0.39 is 0 Å². The summed E-state index contributed by atoms with van der Waals surface area (Å²) in [5.74, 6) is 0.141. The Bertz CT molecular complexity index is 424. The molecule has 5 nitrogen and oxygen atoms in total. The average Bonchev–Trinajstić information content (AvgIpc) is 3.07. The van der Waals surface area contributed by atoms with Gasteiger partial charge in [0, 0.05) is 14.2 Å². The first-order valence-corrected chi connectivity index (χ1v) is 7.75. The van der Waals surface area contributed by atoms with Gasteiger partial charge in [-0.15, -0.1) is 0 Å². The van der Waals surface area contributed by atoms with Gasteiger partial charge in [0.05, 0.1) is 25.3 Å². The first-order chi connectivity index (χ1) is 9.71. The molecule has 1 saturated heterocycles. The highest BCUT2D eigenvalue weighted by Crippen LogP contribution is 2.28. The van der Waals surface area contributed by atoms with Crippen LogP contribution in [-0.2, 0) is 14.3 Å². The molecular formula is C14H22N2O3S. The van der Waals surface area contributed by atoms with Gasteiger partial charge in [-0.3, -0.25) is 10.1 Å². The van der Waals surface area contributed by atoms with Gasteiger partial charge in [0.15, 0.2) is 0 Å². The van der Waals surface area contributed by atoms with Crippen LogP contribution in [0.2, 0.25) is 0 Å². The van der Waals surface area contributed by atoms with Crippen molar-refractivity contribution < 1.29 is 14.3 Å². The Balaban J connectivity index is 2.14. The molecule has 112 valence electrons. The molecule has 0 aliphatic carbocycles. The number of hydrogen-bond donors (Lipinski definition) is 1. The molecule has 1 aliphatic rings. The molecule has 0 spiro atoms. The van der Waals surface area contributed by atoms with Crippen LogP contribution in [0, 0.1) is 0 Å². The summed E-state index contributed by atoms with van der Waals surface area (Å²) in [5, 5.41) is 7.51. The van der Waals surface area contributed by atoms with Gasteiger partial charge in [0.25, 0.3) is 0 Å². The van der Waals surface area contributed by atoms with E-state index in [1.807, 2.05) is 17.2 Å². The van der Waals surface area contributed by atoms with Crippen LogP contribution < -0.4 is 5.32 Å². The third kappa shape index (κ3) is 3.20. The molecule has 1 N–H and O–H groups in total. The van der Waals surface area contributed by atoms with Crippen molar-refractivity contribution in [1.29, 1.82) is 0 Å². The quantitative estimate of drug-likeness (QED) is 0.831. The number of carbonyl (C=O) groups excluding carboxylic acids is 1. The number of nitrogens with one attached hydrogen (secondary N) is 1. The van der Waals surface area contributed by atoms with E-state index in [9.17, 15) is 4.79 Å². The molecule has 0 saturated carbocycles. The van der Waals surface area contributed by atoms with E-state index in [1.54, 1.807) is 25.6 Å². The molecule has 2 heterocycles. The third-order valence-corrected chi connectivity index (χ3v) is 4.31. The zero-order chi connectivity index (χ0) is 14.5. The van der Waals surface area contributed by atoms with Gasteiger partial charge < -0.3 is 14.4 Å². The Kier molecular flexibility index (Phi) is 5.54. The van der Waals surface area contributed by atoms with Crippen LogP contribution in [0.3, 0.4) is 0 Å². The second kappa shape index (κ2) is 7.17. The lowest BCUT2D eigenvalue weighted by atomic mass is 10.2. The van der Waals surface area contributed by atoms with Crippen molar-refractivity contribution in [2.24, 2.45) is 0 Å². The highest BCUT2D eigenvalue weighted by Gasteiger charge is 2.39. The summed E-state index contributed by atoms with van der Waals surface area (Å²) in [6, 6.07) is 1.94. The fourth-order valence-electron chi connectivity index (χ4n) is 2.47. The van der Waals surface area contributed by atoms with Crippen molar-refractivity contribution >= 4 is 17.2 Å². The van der Waals surface area contributed by atoms with Crippen LogP contribution in [0.5, 0.6) is 0 Å². The van der Waals surface area contributed by atoms with E-state index in [0.717, 1.165) is 12.0 Å². The molecule has 1 amide bonds. The van der Waals surface area contributed by atoms with Crippen LogP contribution in [0.15, 0.2) is 16.8 Å². The van der Waals surface area contributed by atoms with Crippen LogP contribution in [0.1, 0.15) is 25.1 Å². The maximum absolute atomic E-state index is 12.5. The molecule has 0 aromatic carbocycles. The van der Waals surface area contributed by atoms with Gasteiger partial charge in [0.2, 0.25) is 5.91 Å². The molecule has 1 aromatic rings. The molecule has 0 bridgehead atoms. The van der Waals surface area contributed by atoms with Crippen LogP contribution >= 0.6 is 11.3 Å². The predicted octanol–water partition coefficient (Wildman–Crippen LogP) is 1.62. The molecule has 3 unspecified atom stereocenters. The van der Waals surface area contributed by atoms with Gasteiger partial charge in [-0.25, -0.2) is 0 Å². The molecule has 1 aliphatic heterocycles. The summed E-state index contributed by atoms with van der Waals surface area (Å²) < 4.78 is 10.5. The largest absolute Gasteiger partial charge is 0.382 e. The summed E-state index contributed by atoms with van der Waals surface area (Å²) in [6.45, 7) is 3.04. The average molecular weight is 298 g/mol. The number of thiophene rings is 1. The number of carbonyl (C=O) groups is 1. The standard InChI is InChI=1S/C14H22N2O3S/c1-4-12-14(17)16(7-11(19-3)8-18-2)13(15-12)10-5-6-20-9-10/h5-6,9,11-13,15H,4,7-8H2,1-3H3. The van der Waals surface area contributed by atoms with Crippen molar-refractivity contribution in [3.05, 3.63) is 22.4 Å². The van der Waals surface area contributed by atoms with Crippen molar-refractivity contribution in [3.63, 3.8) is 0 Å². The van der Waals surface area contributed by atoms with Crippen molar-refractivity contribution in [2.45, 2.75) is 31.7 Å². The van der Waals surface area contributed by atoms with E-state index in [4.69, 9.17) is 9.47 Å². The number of rotatable bonds is 7. The lowest BCUT2D eigenvalue weighted by Crippen LogP contribution is -2.39. The van der Waals surface area contributed by atoms with Crippen LogP contribution in [-0.4, -0.2) is 50.3 Å². The second-order valence-corrected chi connectivity index (χ2v) is 5.67. The van der Waals surface area contributed by atoms with Gasteiger partial charge in [-0.05, 0) is 28.8 Å². The Morgan fingerprint density at radius 3 is 2.85 bits per heavy atom. The SMILES string of the molecule is CCC1NC(c2ccsc2)N(CC(COC)OC)C1=O. The minimum atomic E-state index is -0.111. The lowest BCUT2D eigenvalue weighted by molar-refractivity contribution is -0.132. The number of hydrogen-bond acceptors (Lipinski definition) is 5. The first-order valence-electron chi connectivity index (χ1n) is 6.81. The lowest BCUT2D eigenvalue weighted by Gasteiger charge is -2.27. The number of nitrogens with zero attached hydrogens (tertiary/aromatic N) is 1. The zero-order valence-electron chi connectivity index (χ0n) is 12.2. The Morgan fingerprint density at radius 1 is 1.50 bits per heavy atom. The van der Waals surface area contributed by atoms with Gasteiger partial charge in [-0.1, -0.05) is 6.92 Å². The van der Waals surface area contributed by atoms with Crippen molar-refractivity contribution in [3.8, 4) is 0 Å². The van der Waals surface area contributed by atoms with Crippen molar-refractivity contribution in [1.82, 2.24) is 10.2 Å². The van der Waals surface area contributed by atoms with E-state index in [-0.39, 0.29) is 24.2 Å². The fourth-order valence-corrected chi connectivity index (χ4v) is 3.15. The fraction of sp³-hybridized carbons (Fsp3) is 0.643. The Labute approximate surface area is 123 Å². The van der Waals surface area contributed by atoms with Gasteiger partial charge >= 0.3 is 0 Å². The smallest absolute Gasteiger partial charge is 0.241 e. The maximum atomic E-state index is 12.5. The third-order valence-electron chi connectivity index (χ3n) is 3.61. The van der Waals surface area contributed by atoms with Crippen LogP contribution in [0.25, 0.3) is 0 Å². The van der Waals surface area contributed by atoms with Gasteiger partial charge in [0.1, 0.15) is 6.17 Å². The Morgan fingerprint density at radius 2 is 2.30 bits per heavy atom. The Hall–Kier alpha value is -0.950. The topological polar surface area (TPSA) is 50.8 Å². The zero-order valence-corrected chi connectivity index (χ0v) is 13.0. The molecule has 20 heavy (non-hydrogen) atoms. The molecule has 1 aromatic heterocycles. The molecule has 2 rings (SSSR count). The minimum absolute atomic E-state index is 0.0618. The van der Waals surface area contributed by atoms with E-state index >= 15 is 0 Å². The maximum Gasteiger partial charge on any atom is 0.241 e. The summed E-state index contributed by atoms with van der Waals surface area (Å²) in [4.78, 5) is 14.3. The van der Waals surface area contributed by atoms with E-state index in [0.29, 0.717) is 13.2 Å². The second-order valence-electron chi connectivity index (χ2n) is 4.89. The minimum Gasteiger partial charge on any atom is -0.382 e. The van der Waals surface area contributed by atoms with Gasteiger partial charge in [-0.2, -0.15) is 11.3 Å². The highest BCUT2D eigenvalue weighted by molar-refractivity contribution is 7.07. The molecule has 6 heteroatoms. The molecule has 3 atom stereocenters. The number of methoxy groups -OCH3 is 2. The molecule has 0 radical (unpaired) electrons. The summed E-state index contributed by atoms with van der Waals surface area (Å²) >= 11 is 1.64. The summed E-state index contributed by atoms with van der Waals surface area (Å²) in [7, 11) is 3.29. The highest BCUT2D eigenvalue weighted by atomic mass is 32.1. The first kappa shape index (κ1) is 15.4. The predicted molar refractivity (Wildman–Crippen MR) is 78.7 cm³/mol. The van der Waals surface area contributed by atoms with Crippen molar-refractivity contribution in [2.75, 3.05) is 27.4 Å². The number of ether oxygens (including phenoxy) is 2. The normalized spacial score (nSPS) is 24.4.